The fourth-order valence-electron chi connectivity index (χ4n) is 2.50. The number of hydrogen-bond donors (Lipinski definition) is 2. The van der Waals surface area contributed by atoms with Crippen LogP contribution in [0.4, 0.5) is 0 Å². The summed E-state index contributed by atoms with van der Waals surface area (Å²) in [4.78, 5) is 27.8. The van der Waals surface area contributed by atoms with Gasteiger partial charge in [-0.25, -0.2) is 8.42 Å². The van der Waals surface area contributed by atoms with Crippen LogP contribution in [0.1, 0.15) is 11.1 Å². The maximum atomic E-state index is 12.6. The van der Waals surface area contributed by atoms with Gasteiger partial charge in [-0.05, 0) is 11.6 Å². The van der Waals surface area contributed by atoms with E-state index in [0.29, 0.717) is 5.56 Å². The molecule has 1 aromatic heterocycles. The van der Waals surface area contributed by atoms with E-state index in [0.717, 1.165) is 0 Å². The summed E-state index contributed by atoms with van der Waals surface area (Å²) in [7, 11) is -3.60. The van der Waals surface area contributed by atoms with Crippen molar-refractivity contribution in [2.24, 2.45) is 0 Å². The zero-order valence-corrected chi connectivity index (χ0v) is 15.0. The van der Waals surface area contributed by atoms with E-state index in [4.69, 9.17) is 23.2 Å². The Bertz CT molecular complexity index is 1170. The van der Waals surface area contributed by atoms with Crippen molar-refractivity contribution in [3.63, 3.8) is 0 Å². The highest BCUT2D eigenvalue weighted by Crippen LogP contribution is 2.32. The number of hydrogen-bond acceptors (Lipinski definition) is 4. The van der Waals surface area contributed by atoms with Crippen molar-refractivity contribution >= 4 is 44.1 Å². The van der Waals surface area contributed by atoms with E-state index < -0.39 is 26.7 Å². The van der Waals surface area contributed by atoms with Gasteiger partial charge < -0.3 is 9.97 Å². The topological polar surface area (TPSA) is 99.9 Å². The zero-order chi connectivity index (χ0) is 18.2. The number of rotatable bonds is 4. The summed E-state index contributed by atoms with van der Waals surface area (Å²) in [6.07, 6.45) is 0. The van der Waals surface area contributed by atoms with Gasteiger partial charge in [0.1, 0.15) is 0 Å². The first-order valence-corrected chi connectivity index (χ1v) is 9.72. The number of aromatic nitrogens is 2. The Morgan fingerprint density at radius 1 is 0.920 bits per heavy atom. The average molecular weight is 399 g/mol. The van der Waals surface area contributed by atoms with E-state index in [2.05, 4.69) is 9.97 Å². The first-order chi connectivity index (χ1) is 11.8. The number of H-pyrrole nitrogens is 2. The number of nitrogens with one attached hydrogen (secondary N) is 2. The van der Waals surface area contributed by atoms with Crippen molar-refractivity contribution in [1.82, 2.24) is 9.97 Å². The van der Waals surface area contributed by atoms with Crippen molar-refractivity contribution in [1.29, 1.82) is 0 Å². The Balaban J connectivity index is 2.12. The van der Waals surface area contributed by atoms with Crippen LogP contribution in [0.15, 0.2) is 46.0 Å². The summed E-state index contributed by atoms with van der Waals surface area (Å²) in [5.41, 5.74) is -0.614. The second-order valence-corrected chi connectivity index (χ2v) is 8.35. The first kappa shape index (κ1) is 17.7. The summed E-state index contributed by atoms with van der Waals surface area (Å²) in [5.74, 6) is -0.620. The van der Waals surface area contributed by atoms with Crippen molar-refractivity contribution in [3.05, 3.63) is 78.3 Å². The summed E-state index contributed by atoms with van der Waals surface area (Å²) >= 11 is 12.2. The quantitative estimate of drug-likeness (QED) is 0.659. The van der Waals surface area contributed by atoms with Crippen LogP contribution >= 0.6 is 23.2 Å². The summed E-state index contributed by atoms with van der Waals surface area (Å²) in [6, 6.07) is 10.1. The second kappa shape index (κ2) is 6.67. The lowest BCUT2D eigenvalue weighted by Crippen LogP contribution is -2.29. The minimum absolute atomic E-state index is 0.0218. The zero-order valence-electron chi connectivity index (χ0n) is 12.7. The molecule has 1 heterocycles. The van der Waals surface area contributed by atoms with E-state index in [1.807, 2.05) is 0 Å². The molecule has 0 aliphatic heterocycles. The fraction of sp³-hybridized carbons (Fsp3) is 0.125. The molecule has 9 heteroatoms. The van der Waals surface area contributed by atoms with Crippen LogP contribution in [-0.2, 0) is 21.3 Å². The van der Waals surface area contributed by atoms with E-state index in [-0.39, 0.29) is 32.4 Å². The normalized spacial score (nSPS) is 11.8. The van der Waals surface area contributed by atoms with Gasteiger partial charge in [0.05, 0.1) is 32.6 Å². The highest BCUT2D eigenvalue weighted by Gasteiger charge is 2.20. The molecule has 0 saturated heterocycles. The highest BCUT2D eigenvalue weighted by atomic mass is 35.5. The monoisotopic (exact) mass is 398 g/mol. The summed E-state index contributed by atoms with van der Waals surface area (Å²) in [5, 5.41) is 0.107. The number of fused-ring (bicyclic) bond motifs is 1. The van der Waals surface area contributed by atoms with E-state index in [1.54, 1.807) is 30.3 Å². The van der Waals surface area contributed by atoms with E-state index >= 15 is 0 Å². The molecular formula is C16H12Cl2N2O4S. The maximum Gasteiger partial charge on any atom is 0.314 e. The van der Waals surface area contributed by atoms with Crippen LogP contribution in [0.25, 0.3) is 11.0 Å². The Kier molecular flexibility index (Phi) is 4.73. The highest BCUT2D eigenvalue weighted by molar-refractivity contribution is 7.89. The molecule has 0 saturated carbocycles. The first-order valence-electron chi connectivity index (χ1n) is 7.14. The Labute approximate surface area is 152 Å². The van der Waals surface area contributed by atoms with Crippen LogP contribution in [0.3, 0.4) is 0 Å². The number of sulfone groups is 1. The molecule has 3 aromatic rings. The van der Waals surface area contributed by atoms with Crippen molar-refractivity contribution in [2.45, 2.75) is 11.5 Å². The Morgan fingerprint density at radius 2 is 1.56 bits per heavy atom. The Morgan fingerprint density at radius 3 is 2.24 bits per heavy atom. The molecule has 0 amide bonds. The fourth-order valence-corrected chi connectivity index (χ4v) is 4.55. The van der Waals surface area contributed by atoms with Gasteiger partial charge in [-0.1, -0.05) is 53.5 Å². The van der Waals surface area contributed by atoms with Crippen LogP contribution in [0.2, 0.25) is 10.0 Å². The number of halogens is 2. The van der Waals surface area contributed by atoms with Crippen molar-refractivity contribution < 1.29 is 8.42 Å². The summed E-state index contributed by atoms with van der Waals surface area (Å²) in [6.45, 7) is 0. The van der Waals surface area contributed by atoms with Gasteiger partial charge >= 0.3 is 11.1 Å². The van der Waals surface area contributed by atoms with Gasteiger partial charge in [-0.2, -0.15) is 0 Å². The van der Waals surface area contributed by atoms with Crippen molar-refractivity contribution in [3.8, 4) is 0 Å². The molecule has 0 aliphatic rings. The van der Waals surface area contributed by atoms with Gasteiger partial charge in [0.25, 0.3) is 0 Å². The molecular weight excluding hydrogens is 387 g/mol. The van der Waals surface area contributed by atoms with Gasteiger partial charge in [0.2, 0.25) is 0 Å². The van der Waals surface area contributed by atoms with Gasteiger partial charge in [0.15, 0.2) is 9.84 Å². The molecule has 0 atom stereocenters. The van der Waals surface area contributed by atoms with Crippen LogP contribution in [0, 0.1) is 0 Å². The predicted octanol–water partition coefficient (Wildman–Crippen LogP) is 2.64. The predicted molar refractivity (Wildman–Crippen MR) is 98.0 cm³/mol. The molecule has 2 aromatic carbocycles. The molecule has 0 fully saturated rings. The molecule has 3 rings (SSSR count). The molecule has 130 valence electrons. The van der Waals surface area contributed by atoms with Gasteiger partial charge in [0, 0.05) is 5.56 Å². The van der Waals surface area contributed by atoms with Crippen molar-refractivity contribution in [2.75, 3.05) is 0 Å². The SMILES string of the molecule is O=c1[nH]c2cc(Cl)c(Cl)c(CS(=O)(=O)Cc3ccccc3)c2[nH]c1=O. The third-order valence-electron chi connectivity index (χ3n) is 3.60. The molecule has 0 unspecified atom stereocenters. The molecule has 25 heavy (non-hydrogen) atoms. The van der Waals surface area contributed by atoms with Crippen LogP contribution < -0.4 is 11.1 Å². The lowest BCUT2D eigenvalue weighted by Gasteiger charge is -2.11. The average Bonchev–Trinajstić information content (AvgIpc) is 2.54. The maximum absolute atomic E-state index is 12.6. The van der Waals surface area contributed by atoms with E-state index in [1.165, 1.54) is 6.07 Å². The minimum atomic E-state index is -3.60. The minimum Gasteiger partial charge on any atom is -0.316 e. The number of aromatic amines is 2. The van der Waals surface area contributed by atoms with Gasteiger partial charge in [-0.15, -0.1) is 0 Å². The molecule has 0 radical (unpaired) electrons. The molecule has 0 bridgehead atoms. The van der Waals surface area contributed by atoms with Gasteiger partial charge in [-0.3, -0.25) is 9.59 Å². The van der Waals surface area contributed by atoms with E-state index in [9.17, 15) is 18.0 Å². The Hall–Kier alpha value is -2.09. The van der Waals surface area contributed by atoms with Crippen LogP contribution in [0.5, 0.6) is 0 Å². The largest absolute Gasteiger partial charge is 0.316 e. The molecule has 6 nitrogen and oxygen atoms in total. The lowest BCUT2D eigenvalue weighted by atomic mass is 10.2. The summed E-state index contributed by atoms with van der Waals surface area (Å²) < 4.78 is 25.1. The number of benzene rings is 2. The third-order valence-corrected chi connectivity index (χ3v) is 5.93. The molecule has 0 spiro atoms. The second-order valence-electron chi connectivity index (χ2n) is 5.50. The third kappa shape index (κ3) is 3.78. The molecule has 0 aliphatic carbocycles. The molecule has 2 N–H and O–H groups in total. The smallest absolute Gasteiger partial charge is 0.314 e. The lowest BCUT2D eigenvalue weighted by molar-refractivity contribution is 0.594. The standard InChI is InChI=1S/C16H12Cl2N2O4S/c17-11-6-12-14(20-16(22)15(21)19-12)10(13(11)18)8-25(23,24)7-9-4-2-1-3-5-9/h1-6H,7-8H2,(H,19,21)(H,20,22). The van der Waals surface area contributed by atoms with Crippen LogP contribution in [-0.4, -0.2) is 18.4 Å².